The fraction of sp³-hybridized carbons (Fsp3) is 0.273. The van der Waals surface area contributed by atoms with Crippen LogP contribution in [0, 0.1) is 6.92 Å². The highest BCUT2D eigenvalue weighted by atomic mass is 32.3. The molecule has 0 saturated heterocycles. The van der Waals surface area contributed by atoms with E-state index in [1.807, 2.05) is 31.2 Å². The number of fused-ring (bicyclic) bond motifs is 1. The maximum atomic E-state index is 13.3. The van der Waals surface area contributed by atoms with Crippen LogP contribution in [-0.4, -0.2) is 39.6 Å². The van der Waals surface area contributed by atoms with Crippen LogP contribution in [0.5, 0.6) is 11.5 Å². The van der Waals surface area contributed by atoms with Crippen molar-refractivity contribution in [1.82, 2.24) is 14.3 Å². The van der Waals surface area contributed by atoms with Gasteiger partial charge in [0.15, 0.2) is 15.3 Å². The second-order valence-corrected chi connectivity index (χ2v) is 8.98. The van der Waals surface area contributed by atoms with Gasteiger partial charge in [0.2, 0.25) is 0 Å². The summed E-state index contributed by atoms with van der Waals surface area (Å²) in [5.74, 6) is 1.93. The molecule has 3 aromatic rings. The zero-order valence-electron chi connectivity index (χ0n) is 17.1. The van der Waals surface area contributed by atoms with E-state index in [1.165, 1.54) is 11.4 Å². The maximum Gasteiger partial charge on any atom is 0.179 e. The Morgan fingerprint density at radius 2 is 1.77 bits per heavy atom. The predicted molar refractivity (Wildman–Crippen MR) is 113 cm³/mol. The minimum absolute atomic E-state index is 0.212. The van der Waals surface area contributed by atoms with E-state index in [0.29, 0.717) is 24.5 Å². The molecule has 8 heteroatoms. The topological polar surface area (TPSA) is 87.6 Å². The summed E-state index contributed by atoms with van der Waals surface area (Å²) in [7, 11) is -0.544. The quantitative estimate of drug-likeness (QED) is 0.582. The highest BCUT2D eigenvalue weighted by Gasteiger charge is 2.35. The molecule has 1 aromatic heterocycles. The van der Waals surface area contributed by atoms with Gasteiger partial charge in [0.25, 0.3) is 0 Å². The highest BCUT2D eigenvalue weighted by Crippen LogP contribution is 2.34. The number of benzene rings is 2. The molecule has 1 unspecified atom stereocenters. The second-order valence-electron chi connectivity index (χ2n) is 7.04. The van der Waals surface area contributed by atoms with Crippen LogP contribution >= 0.6 is 0 Å². The standard InChI is InChI=1S/C22H23N3O4S/c1-15-23-21-11-12-25(30(26,27)19-6-4-5-18(13-19)29-3)14-20(21)22(24-15)16-7-9-17(28-2)10-8-16/h4-10,13H,11-12,14H2,1-3H3. The minimum Gasteiger partial charge on any atom is -0.593 e. The van der Waals surface area contributed by atoms with E-state index < -0.39 is 10.4 Å². The molecule has 4 rings (SSSR count). The van der Waals surface area contributed by atoms with E-state index in [2.05, 4.69) is 9.97 Å². The molecule has 2 heterocycles. The SMILES string of the molecule is COc1ccc(-c2nc(C)nc3c2CN([S+](=O)([O-])c2cccc(OC)c2)CC3)cc1. The lowest BCUT2D eigenvalue weighted by Crippen LogP contribution is -2.40. The van der Waals surface area contributed by atoms with E-state index in [9.17, 15) is 8.76 Å². The second kappa shape index (κ2) is 8.14. The summed E-state index contributed by atoms with van der Waals surface area (Å²) in [6.45, 7) is 2.44. The summed E-state index contributed by atoms with van der Waals surface area (Å²) >= 11 is 0. The van der Waals surface area contributed by atoms with Crippen molar-refractivity contribution in [2.75, 3.05) is 20.8 Å². The Kier molecular flexibility index (Phi) is 5.55. The fourth-order valence-electron chi connectivity index (χ4n) is 3.62. The monoisotopic (exact) mass is 425 g/mol. The summed E-state index contributed by atoms with van der Waals surface area (Å²) in [6.07, 6.45) is 0.533. The van der Waals surface area contributed by atoms with Crippen molar-refractivity contribution in [1.29, 1.82) is 0 Å². The van der Waals surface area contributed by atoms with E-state index in [-0.39, 0.29) is 11.4 Å². The molecule has 1 atom stereocenters. The van der Waals surface area contributed by atoms with E-state index >= 15 is 0 Å². The van der Waals surface area contributed by atoms with Crippen molar-refractivity contribution in [3.8, 4) is 22.8 Å². The zero-order valence-corrected chi connectivity index (χ0v) is 17.9. The largest absolute Gasteiger partial charge is 0.593 e. The normalized spacial score (nSPS) is 15.9. The summed E-state index contributed by atoms with van der Waals surface area (Å²) in [5, 5.41) is 0. The summed E-state index contributed by atoms with van der Waals surface area (Å²) in [5.41, 5.74) is 3.39. The van der Waals surface area contributed by atoms with Gasteiger partial charge in [0.1, 0.15) is 17.3 Å². The first-order chi connectivity index (χ1) is 14.4. The van der Waals surface area contributed by atoms with Crippen LogP contribution in [-0.2, 0) is 27.6 Å². The molecule has 0 N–H and O–H groups in total. The van der Waals surface area contributed by atoms with Crippen molar-refractivity contribution in [2.24, 2.45) is 0 Å². The molecular formula is C22H23N3O4S. The van der Waals surface area contributed by atoms with Crippen molar-refractivity contribution < 1.29 is 18.2 Å². The van der Waals surface area contributed by atoms with Gasteiger partial charge in [-0.2, -0.15) is 0 Å². The Bertz CT molecular complexity index is 1120. The first kappa shape index (κ1) is 20.5. The molecule has 0 aliphatic carbocycles. The predicted octanol–water partition coefficient (Wildman–Crippen LogP) is 3.43. The van der Waals surface area contributed by atoms with Crippen LogP contribution in [0.1, 0.15) is 17.1 Å². The zero-order chi connectivity index (χ0) is 21.3. The van der Waals surface area contributed by atoms with Crippen LogP contribution in [0.25, 0.3) is 11.3 Å². The van der Waals surface area contributed by atoms with Gasteiger partial charge in [-0.1, -0.05) is 10.3 Å². The average Bonchev–Trinajstić information content (AvgIpc) is 2.78. The number of nitrogens with zero attached hydrogens (tertiary/aromatic N) is 3. The van der Waals surface area contributed by atoms with Crippen LogP contribution < -0.4 is 9.47 Å². The molecule has 0 spiro atoms. The van der Waals surface area contributed by atoms with Gasteiger partial charge in [0, 0.05) is 23.6 Å². The van der Waals surface area contributed by atoms with E-state index in [1.54, 1.807) is 31.4 Å². The molecule has 7 nitrogen and oxygen atoms in total. The van der Waals surface area contributed by atoms with Gasteiger partial charge < -0.3 is 14.0 Å². The van der Waals surface area contributed by atoms with Gasteiger partial charge in [-0.3, -0.25) is 0 Å². The molecule has 0 amide bonds. The Labute approximate surface area is 177 Å². The van der Waals surface area contributed by atoms with Gasteiger partial charge in [-0.15, -0.1) is 4.31 Å². The Balaban J connectivity index is 1.72. The molecule has 1 aliphatic rings. The lowest BCUT2D eigenvalue weighted by Gasteiger charge is -2.32. The smallest absolute Gasteiger partial charge is 0.179 e. The fourth-order valence-corrected chi connectivity index (χ4v) is 5.06. The highest BCUT2D eigenvalue weighted by molar-refractivity contribution is 7.95. The van der Waals surface area contributed by atoms with Crippen LogP contribution in [0.15, 0.2) is 53.4 Å². The molecule has 30 heavy (non-hydrogen) atoms. The first-order valence-electron chi connectivity index (χ1n) is 9.57. The van der Waals surface area contributed by atoms with Crippen molar-refractivity contribution in [2.45, 2.75) is 24.8 Å². The van der Waals surface area contributed by atoms with E-state index in [4.69, 9.17) is 9.47 Å². The lowest BCUT2D eigenvalue weighted by atomic mass is 10.00. The number of aromatic nitrogens is 2. The van der Waals surface area contributed by atoms with Crippen molar-refractivity contribution in [3.05, 3.63) is 65.6 Å². The van der Waals surface area contributed by atoms with Gasteiger partial charge in [-0.25, -0.2) is 9.97 Å². The van der Waals surface area contributed by atoms with Gasteiger partial charge >= 0.3 is 0 Å². The number of hydrogen-bond donors (Lipinski definition) is 0. The molecule has 0 fully saturated rings. The third-order valence-electron chi connectivity index (χ3n) is 5.18. The van der Waals surface area contributed by atoms with Crippen LogP contribution in [0.2, 0.25) is 0 Å². The Morgan fingerprint density at radius 1 is 1.03 bits per heavy atom. The van der Waals surface area contributed by atoms with Crippen molar-refractivity contribution >= 4 is 10.4 Å². The number of sulfonamides is 1. The number of aryl methyl sites for hydroxylation is 1. The number of ether oxygens (including phenoxy) is 2. The molecule has 0 bridgehead atoms. The molecular weight excluding hydrogens is 402 g/mol. The summed E-state index contributed by atoms with van der Waals surface area (Å²) < 4.78 is 38.5. The third-order valence-corrected chi connectivity index (χ3v) is 7.02. The first-order valence-corrected chi connectivity index (χ1v) is 11.0. The molecule has 0 radical (unpaired) electrons. The Morgan fingerprint density at radius 3 is 2.47 bits per heavy atom. The average molecular weight is 426 g/mol. The number of methoxy groups -OCH3 is 2. The van der Waals surface area contributed by atoms with Gasteiger partial charge in [0.05, 0.1) is 38.7 Å². The van der Waals surface area contributed by atoms with Crippen molar-refractivity contribution in [3.63, 3.8) is 0 Å². The maximum absolute atomic E-state index is 13.3. The minimum atomic E-state index is -3.68. The molecule has 1 aliphatic heterocycles. The van der Waals surface area contributed by atoms with E-state index in [0.717, 1.165) is 28.3 Å². The number of rotatable bonds is 5. The van der Waals surface area contributed by atoms with Gasteiger partial charge in [-0.05, 0) is 43.3 Å². The number of hydrogen-bond acceptors (Lipinski definition) is 6. The Hall–Kier alpha value is -2.81. The summed E-state index contributed by atoms with van der Waals surface area (Å²) in [6, 6.07) is 14.1. The lowest BCUT2D eigenvalue weighted by molar-refractivity contribution is 0.336. The van der Waals surface area contributed by atoms with Crippen LogP contribution in [0.3, 0.4) is 0 Å². The van der Waals surface area contributed by atoms with Crippen LogP contribution in [0.4, 0.5) is 0 Å². The molecule has 0 saturated carbocycles. The molecule has 2 aromatic carbocycles. The summed E-state index contributed by atoms with van der Waals surface area (Å²) in [4.78, 5) is 9.42. The molecule has 156 valence electrons. The third kappa shape index (κ3) is 3.81.